The van der Waals surface area contributed by atoms with Crippen LogP contribution in [0.3, 0.4) is 0 Å². The summed E-state index contributed by atoms with van der Waals surface area (Å²) in [4.78, 5) is 12.4. The molecule has 1 aromatic heterocycles. The molecular formula is C24H20ClN5O2S. The van der Waals surface area contributed by atoms with Gasteiger partial charge in [0, 0.05) is 21.8 Å². The fourth-order valence-corrected chi connectivity index (χ4v) is 3.94. The molecule has 4 rings (SSSR count). The summed E-state index contributed by atoms with van der Waals surface area (Å²) in [6, 6.07) is 24.6. The van der Waals surface area contributed by atoms with Crippen molar-refractivity contribution in [1.82, 2.24) is 20.2 Å². The van der Waals surface area contributed by atoms with Gasteiger partial charge in [0.1, 0.15) is 5.75 Å². The lowest BCUT2D eigenvalue weighted by atomic mass is 10.2. The number of thioether (sulfide) groups is 1. The molecule has 166 valence electrons. The normalized spacial score (nSPS) is 11.0. The zero-order valence-corrected chi connectivity index (χ0v) is 19.3. The molecule has 3 aromatic carbocycles. The first kappa shape index (κ1) is 22.6. The van der Waals surface area contributed by atoms with Gasteiger partial charge in [-0.2, -0.15) is 5.10 Å². The first-order valence-electron chi connectivity index (χ1n) is 10.00. The molecular weight excluding hydrogens is 458 g/mol. The molecule has 4 aromatic rings. The van der Waals surface area contributed by atoms with Gasteiger partial charge in [0.25, 0.3) is 5.91 Å². The number of benzene rings is 3. The van der Waals surface area contributed by atoms with Crippen molar-refractivity contribution in [3.63, 3.8) is 0 Å². The van der Waals surface area contributed by atoms with E-state index >= 15 is 0 Å². The van der Waals surface area contributed by atoms with Gasteiger partial charge in [-0.1, -0.05) is 65.8 Å². The monoisotopic (exact) mass is 477 g/mol. The van der Waals surface area contributed by atoms with E-state index in [1.54, 1.807) is 25.5 Å². The Morgan fingerprint density at radius 3 is 2.55 bits per heavy atom. The van der Waals surface area contributed by atoms with E-state index in [-0.39, 0.29) is 11.7 Å². The van der Waals surface area contributed by atoms with Crippen LogP contribution in [0.5, 0.6) is 5.75 Å². The van der Waals surface area contributed by atoms with Gasteiger partial charge in [-0.05, 0) is 36.4 Å². The van der Waals surface area contributed by atoms with Crippen molar-refractivity contribution in [3.8, 4) is 22.8 Å². The second-order valence-corrected chi connectivity index (χ2v) is 8.19. The van der Waals surface area contributed by atoms with Crippen molar-refractivity contribution < 1.29 is 9.53 Å². The van der Waals surface area contributed by atoms with Crippen LogP contribution in [-0.2, 0) is 4.79 Å². The van der Waals surface area contributed by atoms with E-state index in [9.17, 15) is 4.79 Å². The van der Waals surface area contributed by atoms with Crippen LogP contribution in [0.25, 0.3) is 17.1 Å². The molecule has 0 atom stereocenters. The van der Waals surface area contributed by atoms with Crippen molar-refractivity contribution in [3.05, 3.63) is 89.4 Å². The highest BCUT2D eigenvalue weighted by Crippen LogP contribution is 2.28. The quantitative estimate of drug-likeness (QED) is 0.223. The van der Waals surface area contributed by atoms with Crippen molar-refractivity contribution in [2.45, 2.75) is 5.16 Å². The molecule has 9 heteroatoms. The molecule has 0 saturated carbocycles. The summed E-state index contributed by atoms with van der Waals surface area (Å²) < 4.78 is 7.18. The van der Waals surface area contributed by atoms with Crippen LogP contribution in [0.1, 0.15) is 5.56 Å². The lowest BCUT2D eigenvalue weighted by Crippen LogP contribution is -2.20. The Bertz CT molecular complexity index is 1260. The van der Waals surface area contributed by atoms with Crippen molar-refractivity contribution in [1.29, 1.82) is 0 Å². The number of nitrogens with one attached hydrogen (secondary N) is 1. The number of halogens is 1. The number of aromatic nitrogens is 3. The lowest BCUT2D eigenvalue weighted by molar-refractivity contribution is -0.118. The van der Waals surface area contributed by atoms with Crippen LogP contribution >= 0.6 is 23.4 Å². The summed E-state index contributed by atoms with van der Waals surface area (Å²) in [6.45, 7) is 0. The number of methoxy groups -OCH3 is 1. The number of hydrazone groups is 1. The van der Waals surface area contributed by atoms with Crippen molar-refractivity contribution in [2.24, 2.45) is 5.10 Å². The Kier molecular flexibility index (Phi) is 7.39. The molecule has 0 bridgehead atoms. The van der Waals surface area contributed by atoms with Gasteiger partial charge < -0.3 is 4.74 Å². The Hall–Kier alpha value is -3.62. The summed E-state index contributed by atoms with van der Waals surface area (Å²) in [7, 11) is 1.59. The van der Waals surface area contributed by atoms with Crippen LogP contribution in [0, 0.1) is 0 Å². The van der Waals surface area contributed by atoms with Crippen LogP contribution in [0.2, 0.25) is 5.02 Å². The first-order chi connectivity index (χ1) is 16.2. The number of amides is 1. The Balaban J connectivity index is 1.50. The van der Waals surface area contributed by atoms with Gasteiger partial charge in [-0.25, -0.2) is 5.43 Å². The van der Waals surface area contributed by atoms with Gasteiger partial charge in [0.2, 0.25) is 0 Å². The number of carbonyl (C=O) groups is 1. The molecule has 7 nitrogen and oxygen atoms in total. The molecule has 1 amide bonds. The molecule has 0 saturated heterocycles. The fraction of sp³-hybridized carbons (Fsp3) is 0.0833. The molecule has 0 spiro atoms. The van der Waals surface area contributed by atoms with Crippen LogP contribution < -0.4 is 10.2 Å². The third-order valence-corrected chi connectivity index (χ3v) is 5.80. The van der Waals surface area contributed by atoms with E-state index in [1.807, 2.05) is 71.3 Å². The SMILES string of the molecule is COc1ccccc1C=NNC(=O)CSc1nnc(-c2ccccc2)n1-c1ccc(Cl)cc1. The predicted molar refractivity (Wildman–Crippen MR) is 131 cm³/mol. The van der Waals surface area contributed by atoms with E-state index in [4.69, 9.17) is 16.3 Å². The molecule has 1 heterocycles. The summed E-state index contributed by atoms with van der Waals surface area (Å²) in [6.07, 6.45) is 1.55. The summed E-state index contributed by atoms with van der Waals surface area (Å²) in [5.41, 5.74) is 5.07. The van der Waals surface area contributed by atoms with Crippen molar-refractivity contribution in [2.75, 3.05) is 12.9 Å². The topological polar surface area (TPSA) is 81.4 Å². The molecule has 0 aliphatic carbocycles. The van der Waals surface area contributed by atoms with Gasteiger partial charge in [0.15, 0.2) is 11.0 Å². The number of hydrogen-bond donors (Lipinski definition) is 1. The van der Waals surface area contributed by atoms with E-state index in [0.717, 1.165) is 16.8 Å². The maximum Gasteiger partial charge on any atom is 0.250 e. The second-order valence-electron chi connectivity index (χ2n) is 6.81. The molecule has 1 N–H and O–H groups in total. The third-order valence-electron chi connectivity index (χ3n) is 4.61. The molecule has 0 unspecified atom stereocenters. The number of nitrogens with zero attached hydrogens (tertiary/aromatic N) is 4. The first-order valence-corrected chi connectivity index (χ1v) is 11.4. The summed E-state index contributed by atoms with van der Waals surface area (Å²) in [5, 5.41) is 13.9. The second kappa shape index (κ2) is 10.8. The summed E-state index contributed by atoms with van der Waals surface area (Å²) >= 11 is 7.33. The fourth-order valence-electron chi connectivity index (χ4n) is 3.07. The number of rotatable bonds is 8. The maximum atomic E-state index is 12.4. The zero-order valence-electron chi connectivity index (χ0n) is 17.7. The number of hydrogen-bond acceptors (Lipinski definition) is 6. The number of para-hydroxylation sites is 1. The van der Waals surface area contributed by atoms with Gasteiger partial charge in [-0.15, -0.1) is 10.2 Å². The largest absolute Gasteiger partial charge is 0.496 e. The Morgan fingerprint density at radius 2 is 1.79 bits per heavy atom. The standard InChI is InChI=1S/C24H20ClN5O2S/c1-32-21-10-6-5-9-18(21)15-26-27-22(31)16-33-24-29-28-23(17-7-3-2-4-8-17)30(24)20-13-11-19(25)12-14-20/h2-15H,16H2,1H3,(H,27,31). The minimum absolute atomic E-state index is 0.115. The van der Waals surface area contributed by atoms with E-state index in [1.165, 1.54) is 11.8 Å². The van der Waals surface area contributed by atoms with E-state index in [0.29, 0.717) is 21.8 Å². The molecule has 0 fully saturated rings. The minimum atomic E-state index is -0.266. The Labute approximate surface area is 200 Å². The van der Waals surface area contributed by atoms with Crippen LogP contribution in [-0.4, -0.2) is 39.7 Å². The highest BCUT2D eigenvalue weighted by atomic mass is 35.5. The van der Waals surface area contributed by atoms with Gasteiger partial charge in [-0.3, -0.25) is 9.36 Å². The Morgan fingerprint density at radius 1 is 1.06 bits per heavy atom. The van der Waals surface area contributed by atoms with E-state index in [2.05, 4.69) is 20.7 Å². The van der Waals surface area contributed by atoms with Gasteiger partial charge in [0.05, 0.1) is 19.1 Å². The minimum Gasteiger partial charge on any atom is -0.496 e. The van der Waals surface area contributed by atoms with E-state index < -0.39 is 0 Å². The summed E-state index contributed by atoms with van der Waals surface area (Å²) in [5.74, 6) is 1.20. The molecule has 0 aliphatic rings. The molecule has 0 aliphatic heterocycles. The average Bonchev–Trinajstić information content (AvgIpc) is 3.28. The lowest BCUT2D eigenvalue weighted by Gasteiger charge is -2.10. The van der Waals surface area contributed by atoms with Crippen LogP contribution in [0.15, 0.2) is 89.1 Å². The van der Waals surface area contributed by atoms with Crippen LogP contribution in [0.4, 0.5) is 0 Å². The highest BCUT2D eigenvalue weighted by Gasteiger charge is 2.17. The molecule has 0 radical (unpaired) electrons. The zero-order chi connectivity index (χ0) is 23.0. The third kappa shape index (κ3) is 5.60. The average molecular weight is 478 g/mol. The highest BCUT2D eigenvalue weighted by molar-refractivity contribution is 7.99. The number of carbonyl (C=O) groups excluding carboxylic acids is 1. The van der Waals surface area contributed by atoms with Crippen molar-refractivity contribution >= 4 is 35.5 Å². The molecule has 33 heavy (non-hydrogen) atoms. The predicted octanol–water partition coefficient (Wildman–Crippen LogP) is 4.84. The maximum absolute atomic E-state index is 12.4. The smallest absolute Gasteiger partial charge is 0.250 e. The van der Waals surface area contributed by atoms with Gasteiger partial charge >= 0.3 is 0 Å². The number of ether oxygens (including phenoxy) is 1.